The van der Waals surface area contributed by atoms with E-state index in [4.69, 9.17) is 9.47 Å². The first-order chi connectivity index (χ1) is 14.4. The minimum atomic E-state index is 0. The van der Waals surface area contributed by atoms with Crippen molar-refractivity contribution in [3.05, 3.63) is 44.6 Å². The van der Waals surface area contributed by atoms with Crippen LogP contribution in [0.3, 0.4) is 0 Å². The highest BCUT2D eigenvalue weighted by atomic mass is 35.5. The first kappa shape index (κ1) is 28.6. The number of nitrogens with zero attached hydrogens (tertiary/aromatic N) is 2. The Hall–Kier alpha value is -1.47. The maximum absolute atomic E-state index is 12.8. The number of thiophene rings is 1. The quantitative estimate of drug-likeness (QED) is 0.497. The van der Waals surface area contributed by atoms with Crippen LogP contribution in [0.2, 0.25) is 0 Å². The standard InChI is InChI=1S/C24H34N2O3S.2ClH/c1-17-13-19(18(2)30-17)7-11-25(3)9-6-10-26-12-8-20-14-22(28-4)23(29-5)15-21(20)16-24(26)27;;/h13-15H,6-12,16H2,1-5H3;2*1H. The van der Waals surface area contributed by atoms with Crippen LogP contribution in [0, 0.1) is 13.8 Å². The summed E-state index contributed by atoms with van der Waals surface area (Å²) < 4.78 is 10.8. The van der Waals surface area contributed by atoms with Crippen LogP contribution in [0.5, 0.6) is 11.5 Å². The van der Waals surface area contributed by atoms with Gasteiger partial charge >= 0.3 is 0 Å². The summed E-state index contributed by atoms with van der Waals surface area (Å²) in [5, 5.41) is 0. The number of benzene rings is 1. The van der Waals surface area contributed by atoms with Gasteiger partial charge in [0.25, 0.3) is 0 Å². The lowest BCUT2D eigenvalue weighted by molar-refractivity contribution is -0.130. The highest BCUT2D eigenvalue weighted by Gasteiger charge is 2.22. The molecule has 1 aromatic heterocycles. The molecule has 0 aliphatic carbocycles. The number of rotatable bonds is 9. The van der Waals surface area contributed by atoms with Gasteiger partial charge < -0.3 is 19.3 Å². The smallest absolute Gasteiger partial charge is 0.227 e. The van der Waals surface area contributed by atoms with Gasteiger partial charge in [-0.15, -0.1) is 36.2 Å². The van der Waals surface area contributed by atoms with E-state index in [2.05, 4.69) is 31.9 Å². The van der Waals surface area contributed by atoms with Crippen molar-refractivity contribution in [2.24, 2.45) is 0 Å². The maximum Gasteiger partial charge on any atom is 0.227 e. The predicted molar refractivity (Wildman–Crippen MR) is 138 cm³/mol. The van der Waals surface area contributed by atoms with Crippen LogP contribution in [0.15, 0.2) is 18.2 Å². The van der Waals surface area contributed by atoms with Crippen molar-refractivity contribution in [2.75, 3.05) is 47.4 Å². The molecule has 1 aromatic carbocycles. The maximum atomic E-state index is 12.8. The van der Waals surface area contributed by atoms with Gasteiger partial charge in [0.2, 0.25) is 5.91 Å². The molecule has 1 aliphatic heterocycles. The van der Waals surface area contributed by atoms with Gasteiger partial charge in [-0.1, -0.05) is 0 Å². The zero-order chi connectivity index (χ0) is 21.7. The lowest BCUT2D eigenvalue weighted by Crippen LogP contribution is -2.35. The molecule has 0 saturated heterocycles. The Morgan fingerprint density at radius 2 is 1.69 bits per heavy atom. The fraction of sp³-hybridized carbons (Fsp3) is 0.542. The molecule has 3 rings (SSSR count). The molecule has 0 spiro atoms. The van der Waals surface area contributed by atoms with Crippen molar-refractivity contribution in [3.8, 4) is 11.5 Å². The molecule has 0 saturated carbocycles. The number of likely N-dealkylation sites (N-methyl/N-ethyl adjacent to an activating group) is 1. The van der Waals surface area contributed by atoms with Crippen molar-refractivity contribution >= 4 is 42.1 Å². The van der Waals surface area contributed by atoms with Gasteiger partial charge in [0.05, 0.1) is 20.6 Å². The molecular formula is C24H36Cl2N2O3S. The van der Waals surface area contributed by atoms with Crippen molar-refractivity contribution in [1.82, 2.24) is 9.80 Å². The number of halogens is 2. The third-order valence-corrected chi connectivity index (χ3v) is 6.93. The number of aryl methyl sites for hydroxylation is 2. The molecule has 0 bridgehead atoms. The van der Waals surface area contributed by atoms with E-state index in [0.717, 1.165) is 56.8 Å². The highest BCUT2D eigenvalue weighted by molar-refractivity contribution is 7.12. The minimum Gasteiger partial charge on any atom is -0.493 e. The Bertz CT molecular complexity index is 888. The van der Waals surface area contributed by atoms with E-state index in [-0.39, 0.29) is 30.7 Å². The molecule has 0 unspecified atom stereocenters. The van der Waals surface area contributed by atoms with Crippen molar-refractivity contribution in [3.63, 3.8) is 0 Å². The van der Waals surface area contributed by atoms with E-state index >= 15 is 0 Å². The lowest BCUT2D eigenvalue weighted by atomic mass is 10.0. The number of fused-ring (bicyclic) bond motifs is 1. The van der Waals surface area contributed by atoms with Crippen molar-refractivity contribution in [2.45, 2.75) is 39.5 Å². The second-order valence-corrected chi connectivity index (χ2v) is 9.59. The molecule has 0 N–H and O–H groups in total. The van der Waals surface area contributed by atoms with Crippen LogP contribution in [-0.4, -0.2) is 63.2 Å². The Labute approximate surface area is 208 Å². The monoisotopic (exact) mass is 502 g/mol. The zero-order valence-electron chi connectivity index (χ0n) is 19.7. The summed E-state index contributed by atoms with van der Waals surface area (Å²) in [6.45, 7) is 8.01. The Kier molecular flexibility index (Phi) is 11.9. The number of ether oxygens (including phenoxy) is 2. The van der Waals surface area contributed by atoms with Gasteiger partial charge in [-0.2, -0.15) is 0 Å². The molecule has 8 heteroatoms. The zero-order valence-corrected chi connectivity index (χ0v) is 22.2. The molecular weight excluding hydrogens is 467 g/mol. The molecule has 32 heavy (non-hydrogen) atoms. The molecule has 5 nitrogen and oxygen atoms in total. The summed E-state index contributed by atoms with van der Waals surface area (Å²) in [7, 11) is 5.45. The molecule has 1 amide bonds. The van der Waals surface area contributed by atoms with Crippen LogP contribution in [0.25, 0.3) is 0 Å². The van der Waals surface area contributed by atoms with Gasteiger partial charge in [-0.25, -0.2) is 0 Å². The molecule has 2 aromatic rings. The fourth-order valence-electron chi connectivity index (χ4n) is 4.14. The summed E-state index contributed by atoms with van der Waals surface area (Å²) in [6, 6.07) is 6.29. The molecule has 0 atom stereocenters. The van der Waals surface area contributed by atoms with Crippen LogP contribution < -0.4 is 9.47 Å². The predicted octanol–water partition coefficient (Wildman–Crippen LogP) is 4.72. The number of hydrogen-bond acceptors (Lipinski definition) is 5. The van der Waals surface area contributed by atoms with Crippen LogP contribution in [0.4, 0.5) is 0 Å². The van der Waals surface area contributed by atoms with Gasteiger partial charge in [0.15, 0.2) is 11.5 Å². The topological polar surface area (TPSA) is 42.0 Å². The SMILES string of the molecule is COc1cc2c(cc1OC)CC(=O)N(CCCN(C)CCc1cc(C)sc1C)CC2.Cl.Cl. The second kappa shape index (κ2) is 13.3. The van der Waals surface area contributed by atoms with Crippen LogP contribution >= 0.6 is 36.2 Å². The largest absolute Gasteiger partial charge is 0.493 e. The number of amides is 1. The van der Waals surface area contributed by atoms with Gasteiger partial charge in [0, 0.05) is 29.4 Å². The van der Waals surface area contributed by atoms with Gasteiger partial charge in [0.1, 0.15) is 0 Å². The number of carbonyl (C=O) groups excluding carboxylic acids is 1. The second-order valence-electron chi connectivity index (χ2n) is 8.13. The number of carbonyl (C=O) groups is 1. The third kappa shape index (κ3) is 7.27. The lowest BCUT2D eigenvalue weighted by Gasteiger charge is -2.22. The highest BCUT2D eigenvalue weighted by Crippen LogP contribution is 2.32. The van der Waals surface area contributed by atoms with Gasteiger partial charge in [-0.3, -0.25) is 4.79 Å². The molecule has 0 radical (unpaired) electrons. The fourth-order valence-corrected chi connectivity index (χ4v) is 5.11. The summed E-state index contributed by atoms with van der Waals surface area (Å²) in [5.41, 5.74) is 3.71. The Morgan fingerprint density at radius 3 is 2.28 bits per heavy atom. The van der Waals surface area contributed by atoms with E-state index in [1.54, 1.807) is 14.2 Å². The third-order valence-electron chi connectivity index (χ3n) is 5.93. The molecule has 2 heterocycles. The number of methoxy groups -OCH3 is 2. The van der Waals surface area contributed by atoms with Crippen molar-refractivity contribution in [1.29, 1.82) is 0 Å². The van der Waals surface area contributed by atoms with E-state index in [1.807, 2.05) is 28.4 Å². The number of hydrogen-bond donors (Lipinski definition) is 0. The van der Waals surface area contributed by atoms with Crippen LogP contribution in [-0.2, 0) is 24.1 Å². The first-order valence-electron chi connectivity index (χ1n) is 10.7. The average molecular weight is 504 g/mol. The van der Waals surface area contributed by atoms with Crippen molar-refractivity contribution < 1.29 is 14.3 Å². The summed E-state index contributed by atoms with van der Waals surface area (Å²) in [5.74, 6) is 1.62. The molecule has 180 valence electrons. The normalized spacial score (nSPS) is 13.2. The van der Waals surface area contributed by atoms with E-state index in [9.17, 15) is 4.79 Å². The Morgan fingerprint density at radius 1 is 1.03 bits per heavy atom. The van der Waals surface area contributed by atoms with Gasteiger partial charge in [-0.05, 0) is 81.6 Å². The first-order valence-corrected chi connectivity index (χ1v) is 11.5. The van der Waals surface area contributed by atoms with E-state index in [0.29, 0.717) is 12.2 Å². The van der Waals surface area contributed by atoms with E-state index < -0.39 is 0 Å². The summed E-state index contributed by atoms with van der Waals surface area (Å²) in [6.07, 6.45) is 3.37. The minimum absolute atomic E-state index is 0. The van der Waals surface area contributed by atoms with E-state index in [1.165, 1.54) is 20.9 Å². The average Bonchev–Trinajstić information content (AvgIpc) is 2.96. The Balaban J connectivity index is 0.00000256. The molecule has 1 aliphatic rings. The summed E-state index contributed by atoms with van der Waals surface area (Å²) >= 11 is 1.88. The molecule has 0 fully saturated rings. The van der Waals surface area contributed by atoms with Crippen LogP contribution in [0.1, 0.15) is 32.9 Å². The summed E-state index contributed by atoms with van der Waals surface area (Å²) in [4.78, 5) is 20.0.